The van der Waals surface area contributed by atoms with Crippen molar-refractivity contribution in [3.8, 4) is 11.3 Å². The van der Waals surface area contributed by atoms with Crippen molar-refractivity contribution < 1.29 is 0 Å². The van der Waals surface area contributed by atoms with Crippen LogP contribution in [0.1, 0.15) is 16.1 Å². The predicted octanol–water partition coefficient (Wildman–Crippen LogP) is 4.41. The number of nitrogens with zero attached hydrogens (tertiary/aromatic N) is 1. The number of thiazole rings is 1. The van der Waals surface area contributed by atoms with E-state index in [9.17, 15) is 0 Å². The second kappa shape index (κ2) is 6.66. The second-order valence-corrected chi connectivity index (χ2v) is 6.03. The second-order valence-electron chi connectivity index (χ2n) is 5.09. The van der Waals surface area contributed by atoms with E-state index >= 15 is 0 Å². The molecule has 0 aliphatic heterocycles. The van der Waals surface area contributed by atoms with E-state index in [2.05, 4.69) is 59.0 Å². The van der Waals surface area contributed by atoms with E-state index in [4.69, 9.17) is 0 Å². The van der Waals surface area contributed by atoms with Crippen molar-refractivity contribution >= 4 is 11.3 Å². The van der Waals surface area contributed by atoms with Crippen LogP contribution in [-0.2, 0) is 13.1 Å². The summed E-state index contributed by atoms with van der Waals surface area (Å²) >= 11 is 1.71. The molecule has 0 radical (unpaired) electrons. The van der Waals surface area contributed by atoms with Gasteiger partial charge in [0.1, 0.15) is 5.01 Å². The number of hydrogen-bond acceptors (Lipinski definition) is 3. The zero-order chi connectivity index (χ0) is 14.5. The van der Waals surface area contributed by atoms with E-state index in [1.54, 1.807) is 11.3 Å². The van der Waals surface area contributed by atoms with Crippen LogP contribution >= 0.6 is 11.3 Å². The minimum absolute atomic E-state index is 0.811. The first-order valence-corrected chi connectivity index (χ1v) is 7.95. The van der Waals surface area contributed by atoms with Crippen molar-refractivity contribution in [2.45, 2.75) is 20.0 Å². The van der Waals surface area contributed by atoms with Crippen LogP contribution in [0, 0.1) is 6.92 Å². The quantitative estimate of drug-likeness (QED) is 0.754. The molecule has 0 saturated heterocycles. The summed E-state index contributed by atoms with van der Waals surface area (Å²) in [5, 5.41) is 6.71. The minimum atomic E-state index is 0.811. The van der Waals surface area contributed by atoms with Crippen molar-refractivity contribution in [3.63, 3.8) is 0 Å². The monoisotopic (exact) mass is 294 g/mol. The first-order chi connectivity index (χ1) is 10.3. The Labute approximate surface area is 129 Å². The number of nitrogens with one attached hydrogen (secondary N) is 1. The van der Waals surface area contributed by atoms with Gasteiger partial charge in [-0.05, 0) is 12.5 Å². The number of aryl methyl sites for hydroxylation is 1. The lowest BCUT2D eigenvalue weighted by atomic mass is 10.1. The van der Waals surface area contributed by atoms with Crippen LogP contribution in [0.3, 0.4) is 0 Å². The highest BCUT2D eigenvalue weighted by Crippen LogP contribution is 2.21. The molecule has 2 nitrogen and oxygen atoms in total. The van der Waals surface area contributed by atoms with E-state index < -0.39 is 0 Å². The molecule has 1 heterocycles. The van der Waals surface area contributed by atoms with Gasteiger partial charge < -0.3 is 5.32 Å². The third kappa shape index (κ3) is 3.78. The summed E-state index contributed by atoms with van der Waals surface area (Å²) in [5.41, 5.74) is 4.86. The molecule has 0 atom stereocenters. The van der Waals surface area contributed by atoms with Gasteiger partial charge in [0.2, 0.25) is 0 Å². The van der Waals surface area contributed by atoms with E-state index in [0.717, 1.165) is 23.8 Å². The molecule has 21 heavy (non-hydrogen) atoms. The van der Waals surface area contributed by atoms with Gasteiger partial charge in [0.15, 0.2) is 0 Å². The maximum absolute atomic E-state index is 4.69. The molecule has 3 rings (SSSR count). The Kier molecular flexibility index (Phi) is 4.43. The maximum atomic E-state index is 4.69. The van der Waals surface area contributed by atoms with Crippen molar-refractivity contribution in [1.82, 2.24) is 10.3 Å². The number of hydrogen-bond donors (Lipinski definition) is 1. The third-order valence-electron chi connectivity index (χ3n) is 3.31. The summed E-state index contributed by atoms with van der Waals surface area (Å²) in [7, 11) is 0. The highest BCUT2D eigenvalue weighted by atomic mass is 32.1. The Bertz CT molecular complexity index is 704. The molecule has 0 bridgehead atoms. The SMILES string of the molecule is Cc1cccc(CNCc2nc(-c3ccccc3)cs2)c1. The molecule has 0 aliphatic rings. The first-order valence-electron chi connectivity index (χ1n) is 7.07. The van der Waals surface area contributed by atoms with E-state index in [1.807, 2.05) is 18.2 Å². The highest BCUT2D eigenvalue weighted by molar-refractivity contribution is 7.09. The fourth-order valence-corrected chi connectivity index (χ4v) is 3.04. The van der Waals surface area contributed by atoms with Crippen LogP contribution in [0.25, 0.3) is 11.3 Å². The standard InChI is InChI=1S/C18H18N2S/c1-14-6-5-7-15(10-14)11-19-12-18-20-17(13-21-18)16-8-3-2-4-9-16/h2-10,13,19H,11-12H2,1H3. The normalized spacial score (nSPS) is 10.7. The zero-order valence-corrected chi connectivity index (χ0v) is 12.9. The largest absolute Gasteiger partial charge is 0.306 e. The van der Waals surface area contributed by atoms with Crippen molar-refractivity contribution in [2.24, 2.45) is 0 Å². The first kappa shape index (κ1) is 14.0. The van der Waals surface area contributed by atoms with Gasteiger partial charge in [0, 0.05) is 24.0 Å². The van der Waals surface area contributed by atoms with Gasteiger partial charge in [0.05, 0.1) is 5.69 Å². The smallest absolute Gasteiger partial charge is 0.107 e. The molecular formula is C18H18N2S. The molecule has 0 fully saturated rings. The topological polar surface area (TPSA) is 24.9 Å². The molecule has 0 unspecified atom stereocenters. The summed E-state index contributed by atoms with van der Waals surface area (Å²) in [6.45, 7) is 3.81. The molecule has 0 aliphatic carbocycles. The van der Waals surface area contributed by atoms with Gasteiger partial charge in [0.25, 0.3) is 0 Å². The summed E-state index contributed by atoms with van der Waals surface area (Å²) < 4.78 is 0. The lowest BCUT2D eigenvalue weighted by molar-refractivity contribution is 0.690. The molecule has 3 aromatic rings. The lowest BCUT2D eigenvalue weighted by Crippen LogP contribution is -2.12. The fourth-order valence-electron chi connectivity index (χ4n) is 2.27. The molecule has 0 amide bonds. The summed E-state index contributed by atoms with van der Waals surface area (Å²) in [5.74, 6) is 0. The van der Waals surface area contributed by atoms with Gasteiger partial charge in [-0.3, -0.25) is 0 Å². The Morgan fingerprint density at radius 2 is 1.86 bits per heavy atom. The molecule has 106 valence electrons. The lowest BCUT2D eigenvalue weighted by Gasteiger charge is -2.03. The van der Waals surface area contributed by atoms with E-state index in [-0.39, 0.29) is 0 Å². The van der Waals surface area contributed by atoms with Crippen molar-refractivity contribution in [2.75, 3.05) is 0 Å². The molecule has 0 spiro atoms. The highest BCUT2D eigenvalue weighted by Gasteiger charge is 2.03. The molecule has 2 aromatic carbocycles. The van der Waals surface area contributed by atoms with E-state index in [0.29, 0.717) is 0 Å². The molecule has 1 aromatic heterocycles. The third-order valence-corrected chi connectivity index (χ3v) is 4.16. The predicted molar refractivity (Wildman–Crippen MR) is 89.3 cm³/mol. The number of aromatic nitrogens is 1. The fraction of sp³-hybridized carbons (Fsp3) is 0.167. The van der Waals surface area contributed by atoms with Gasteiger partial charge in [-0.15, -0.1) is 11.3 Å². The van der Waals surface area contributed by atoms with Gasteiger partial charge in [-0.2, -0.15) is 0 Å². The molecule has 1 N–H and O–H groups in total. The Balaban J connectivity index is 1.58. The molecule has 3 heteroatoms. The van der Waals surface area contributed by atoms with Crippen molar-refractivity contribution in [3.05, 3.63) is 76.1 Å². The van der Waals surface area contributed by atoms with Gasteiger partial charge in [-0.1, -0.05) is 60.2 Å². The van der Waals surface area contributed by atoms with Crippen LogP contribution in [0.15, 0.2) is 60.0 Å². The number of benzene rings is 2. The van der Waals surface area contributed by atoms with Crippen LogP contribution < -0.4 is 5.32 Å². The maximum Gasteiger partial charge on any atom is 0.107 e. The van der Waals surface area contributed by atoms with Gasteiger partial charge >= 0.3 is 0 Å². The molecular weight excluding hydrogens is 276 g/mol. The minimum Gasteiger partial charge on any atom is -0.306 e. The number of rotatable bonds is 5. The van der Waals surface area contributed by atoms with E-state index in [1.165, 1.54) is 16.7 Å². The Morgan fingerprint density at radius 3 is 2.67 bits per heavy atom. The average Bonchev–Trinajstić information content (AvgIpc) is 2.97. The van der Waals surface area contributed by atoms with Crippen LogP contribution in [-0.4, -0.2) is 4.98 Å². The average molecular weight is 294 g/mol. The summed E-state index contributed by atoms with van der Waals surface area (Å²) in [6, 6.07) is 18.9. The Hall–Kier alpha value is -1.97. The Morgan fingerprint density at radius 1 is 1.00 bits per heavy atom. The van der Waals surface area contributed by atoms with Crippen molar-refractivity contribution in [1.29, 1.82) is 0 Å². The van der Waals surface area contributed by atoms with Crippen LogP contribution in [0.5, 0.6) is 0 Å². The van der Waals surface area contributed by atoms with Crippen LogP contribution in [0.2, 0.25) is 0 Å². The summed E-state index contributed by atoms with van der Waals surface area (Å²) in [4.78, 5) is 4.69. The molecule has 0 saturated carbocycles. The zero-order valence-electron chi connectivity index (χ0n) is 12.0. The summed E-state index contributed by atoms with van der Waals surface area (Å²) in [6.07, 6.45) is 0. The van der Waals surface area contributed by atoms with Crippen LogP contribution in [0.4, 0.5) is 0 Å². The van der Waals surface area contributed by atoms with Gasteiger partial charge in [-0.25, -0.2) is 4.98 Å².